The van der Waals surface area contributed by atoms with E-state index >= 15 is 0 Å². The Bertz CT molecular complexity index is 596. The molecule has 0 fully saturated rings. The van der Waals surface area contributed by atoms with Crippen LogP contribution in [0.1, 0.15) is 0 Å². The number of nitro groups is 1. The van der Waals surface area contributed by atoms with Gasteiger partial charge in [0.25, 0.3) is 0 Å². The molecule has 0 aliphatic carbocycles. The van der Waals surface area contributed by atoms with Crippen molar-refractivity contribution in [1.82, 2.24) is 0 Å². The fourth-order valence-corrected chi connectivity index (χ4v) is 1.95. The van der Waals surface area contributed by atoms with Gasteiger partial charge in [-0.1, -0.05) is 30.3 Å². The molecule has 5 nitrogen and oxygen atoms in total. The molecule has 2 aromatic carbocycles. The second-order valence-electron chi connectivity index (χ2n) is 3.82. The van der Waals surface area contributed by atoms with Gasteiger partial charge in [-0.3, -0.25) is 10.1 Å². The number of methoxy groups -OCH3 is 2. The van der Waals surface area contributed by atoms with E-state index < -0.39 is 4.92 Å². The molecule has 98 valence electrons. The smallest absolute Gasteiger partial charge is 0.311 e. The lowest BCUT2D eigenvalue weighted by Crippen LogP contribution is -1.98. The lowest BCUT2D eigenvalue weighted by atomic mass is 10.0. The van der Waals surface area contributed by atoms with Gasteiger partial charge in [0.1, 0.15) is 5.75 Å². The summed E-state index contributed by atoms with van der Waals surface area (Å²) in [5.74, 6) is 0.740. The number of nitro benzene ring substituents is 1. The van der Waals surface area contributed by atoms with E-state index in [4.69, 9.17) is 9.47 Å². The van der Waals surface area contributed by atoms with Crippen molar-refractivity contribution < 1.29 is 14.4 Å². The minimum atomic E-state index is -0.468. The van der Waals surface area contributed by atoms with Gasteiger partial charge in [-0.2, -0.15) is 0 Å². The summed E-state index contributed by atoms with van der Waals surface area (Å²) in [5.41, 5.74) is 1.31. The maximum Gasteiger partial charge on any atom is 0.311 e. The highest BCUT2D eigenvalue weighted by Crippen LogP contribution is 2.43. The van der Waals surface area contributed by atoms with Gasteiger partial charge in [0, 0.05) is 6.07 Å². The van der Waals surface area contributed by atoms with Crippen LogP contribution in [0.15, 0.2) is 42.5 Å². The molecule has 0 atom stereocenters. The Hall–Kier alpha value is -2.56. The van der Waals surface area contributed by atoms with Crippen LogP contribution in [0.4, 0.5) is 5.69 Å². The first-order chi connectivity index (χ1) is 9.19. The van der Waals surface area contributed by atoms with Crippen LogP contribution in [0.25, 0.3) is 11.1 Å². The van der Waals surface area contributed by atoms with E-state index in [9.17, 15) is 10.1 Å². The van der Waals surface area contributed by atoms with Gasteiger partial charge < -0.3 is 9.47 Å². The van der Waals surface area contributed by atoms with Gasteiger partial charge in [0.15, 0.2) is 0 Å². The highest BCUT2D eigenvalue weighted by molar-refractivity contribution is 5.81. The molecule has 0 saturated carbocycles. The van der Waals surface area contributed by atoms with E-state index in [0.29, 0.717) is 11.3 Å². The van der Waals surface area contributed by atoms with Crippen LogP contribution in [0, 0.1) is 10.1 Å². The lowest BCUT2D eigenvalue weighted by Gasteiger charge is -2.13. The third kappa shape index (κ3) is 2.35. The van der Waals surface area contributed by atoms with Gasteiger partial charge in [-0.25, -0.2) is 0 Å². The highest BCUT2D eigenvalue weighted by atomic mass is 16.6. The largest absolute Gasteiger partial charge is 0.496 e. The molecule has 19 heavy (non-hydrogen) atoms. The summed E-state index contributed by atoms with van der Waals surface area (Å²) in [4.78, 5) is 10.6. The molecule has 0 bridgehead atoms. The fraction of sp³-hybridized carbons (Fsp3) is 0.143. The van der Waals surface area contributed by atoms with E-state index in [-0.39, 0.29) is 11.4 Å². The Labute approximate surface area is 110 Å². The van der Waals surface area contributed by atoms with Gasteiger partial charge in [-0.15, -0.1) is 0 Å². The van der Waals surface area contributed by atoms with E-state index in [1.807, 2.05) is 30.3 Å². The van der Waals surface area contributed by atoms with Crippen LogP contribution in [0.2, 0.25) is 0 Å². The SMILES string of the molecule is COc1ccc([N+](=O)[O-])c(OC)c1-c1ccccc1. The van der Waals surface area contributed by atoms with Crippen LogP contribution < -0.4 is 9.47 Å². The summed E-state index contributed by atoms with van der Waals surface area (Å²) in [6.45, 7) is 0. The van der Waals surface area contributed by atoms with Crippen LogP contribution in [-0.2, 0) is 0 Å². The van der Waals surface area contributed by atoms with E-state index in [2.05, 4.69) is 0 Å². The molecule has 0 radical (unpaired) electrons. The zero-order chi connectivity index (χ0) is 13.8. The molecular weight excluding hydrogens is 246 g/mol. The molecule has 5 heteroatoms. The van der Waals surface area contributed by atoms with Crippen LogP contribution in [0.3, 0.4) is 0 Å². The summed E-state index contributed by atoms with van der Waals surface area (Å²) >= 11 is 0. The second-order valence-corrected chi connectivity index (χ2v) is 3.82. The summed E-state index contributed by atoms with van der Waals surface area (Å²) in [7, 11) is 2.93. The zero-order valence-electron chi connectivity index (χ0n) is 10.6. The van der Waals surface area contributed by atoms with Crippen LogP contribution >= 0.6 is 0 Å². The maximum atomic E-state index is 11.0. The van der Waals surface area contributed by atoms with Gasteiger partial charge in [0.05, 0.1) is 24.7 Å². The normalized spacial score (nSPS) is 10.0. The molecule has 0 aliphatic heterocycles. The average molecular weight is 259 g/mol. The molecule has 0 N–H and O–H groups in total. The monoisotopic (exact) mass is 259 g/mol. The molecule has 0 aliphatic rings. The maximum absolute atomic E-state index is 11.0. The van der Waals surface area contributed by atoms with E-state index in [0.717, 1.165) is 5.56 Å². The first kappa shape index (κ1) is 12.9. The molecule has 0 unspecified atom stereocenters. The molecule has 0 saturated heterocycles. The fourth-order valence-electron chi connectivity index (χ4n) is 1.95. The molecule has 0 spiro atoms. The Kier molecular flexibility index (Phi) is 3.66. The van der Waals surface area contributed by atoms with Crippen molar-refractivity contribution in [3.8, 4) is 22.6 Å². The van der Waals surface area contributed by atoms with Crippen molar-refractivity contribution in [1.29, 1.82) is 0 Å². The molecule has 0 aromatic heterocycles. The minimum absolute atomic E-state index is 0.0813. The number of ether oxygens (including phenoxy) is 2. The van der Waals surface area contributed by atoms with Crippen LogP contribution in [0.5, 0.6) is 11.5 Å². The van der Waals surface area contributed by atoms with Crippen molar-refractivity contribution in [3.05, 3.63) is 52.6 Å². The average Bonchev–Trinajstić information content (AvgIpc) is 2.46. The van der Waals surface area contributed by atoms with Gasteiger partial charge in [-0.05, 0) is 11.6 Å². The summed E-state index contributed by atoms with van der Waals surface area (Å²) in [5, 5.41) is 11.0. The Morgan fingerprint density at radius 1 is 1.00 bits per heavy atom. The van der Waals surface area contributed by atoms with Crippen molar-refractivity contribution in [3.63, 3.8) is 0 Å². The third-order valence-electron chi connectivity index (χ3n) is 2.78. The van der Waals surface area contributed by atoms with Crippen molar-refractivity contribution >= 4 is 5.69 Å². The van der Waals surface area contributed by atoms with Crippen LogP contribution in [-0.4, -0.2) is 19.1 Å². The Morgan fingerprint density at radius 2 is 1.68 bits per heavy atom. The van der Waals surface area contributed by atoms with Crippen molar-refractivity contribution in [2.45, 2.75) is 0 Å². The molecule has 0 amide bonds. The minimum Gasteiger partial charge on any atom is -0.496 e. The Balaban J connectivity index is 2.75. The number of hydrogen-bond donors (Lipinski definition) is 0. The summed E-state index contributed by atoms with van der Waals surface area (Å²) in [6, 6.07) is 12.2. The quantitative estimate of drug-likeness (QED) is 0.624. The predicted molar refractivity (Wildman–Crippen MR) is 71.6 cm³/mol. The molecule has 2 aromatic rings. The highest BCUT2D eigenvalue weighted by Gasteiger charge is 2.23. The lowest BCUT2D eigenvalue weighted by molar-refractivity contribution is -0.385. The first-order valence-corrected chi connectivity index (χ1v) is 5.63. The van der Waals surface area contributed by atoms with Crippen molar-refractivity contribution in [2.75, 3.05) is 14.2 Å². The topological polar surface area (TPSA) is 61.6 Å². The van der Waals surface area contributed by atoms with E-state index in [1.165, 1.54) is 20.3 Å². The Morgan fingerprint density at radius 3 is 2.21 bits per heavy atom. The zero-order valence-corrected chi connectivity index (χ0v) is 10.6. The number of hydrogen-bond acceptors (Lipinski definition) is 4. The standard InChI is InChI=1S/C14H13NO4/c1-18-12-9-8-11(15(16)17)14(19-2)13(12)10-6-4-3-5-7-10/h3-9H,1-2H3. The van der Waals surface area contributed by atoms with Gasteiger partial charge in [0.2, 0.25) is 5.75 Å². The molecule has 2 rings (SSSR count). The van der Waals surface area contributed by atoms with E-state index in [1.54, 1.807) is 6.07 Å². The predicted octanol–water partition coefficient (Wildman–Crippen LogP) is 3.28. The number of nitrogens with zero attached hydrogens (tertiary/aromatic N) is 1. The molecule has 0 heterocycles. The first-order valence-electron chi connectivity index (χ1n) is 5.63. The summed E-state index contributed by atoms with van der Waals surface area (Å²) < 4.78 is 10.5. The second kappa shape index (κ2) is 5.39. The third-order valence-corrected chi connectivity index (χ3v) is 2.78. The van der Waals surface area contributed by atoms with Crippen molar-refractivity contribution in [2.24, 2.45) is 0 Å². The van der Waals surface area contributed by atoms with Gasteiger partial charge >= 0.3 is 5.69 Å². The molecular formula is C14H13NO4. The number of benzene rings is 2. The summed E-state index contributed by atoms with van der Waals surface area (Å²) in [6.07, 6.45) is 0. The number of rotatable bonds is 4.